The van der Waals surface area contributed by atoms with Crippen LogP contribution < -0.4 is 4.74 Å². The molecule has 3 rings (SSSR count). The summed E-state index contributed by atoms with van der Waals surface area (Å²) in [6.07, 6.45) is 0. The molecule has 0 aliphatic carbocycles. The molecule has 0 fully saturated rings. The first-order valence-electron chi connectivity index (χ1n) is 6.17. The number of aromatic amines is 1. The van der Waals surface area contributed by atoms with Crippen LogP contribution in [0.1, 0.15) is 11.3 Å². The van der Waals surface area contributed by atoms with Gasteiger partial charge in [0.2, 0.25) is 0 Å². The number of aromatic nitrogens is 1. The second-order valence-electron chi connectivity index (χ2n) is 4.63. The van der Waals surface area contributed by atoms with Gasteiger partial charge in [-0.25, -0.2) is 4.39 Å². The fourth-order valence-corrected chi connectivity index (χ4v) is 2.11. The van der Waals surface area contributed by atoms with Crippen LogP contribution >= 0.6 is 0 Å². The average Bonchev–Trinajstić information content (AvgIpc) is 2.78. The first-order valence-corrected chi connectivity index (χ1v) is 6.17. The van der Waals surface area contributed by atoms with Crippen LogP contribution in [-0.2, 0) is 6.61 Å². The number of ether oxygens (including phenoxy) is 1. The molecule has 0 unspecified atom stereocenters. The van der Waals surface area contributed by atoms with E-state index in [1.807, 2.05) is 0 Å². The fourth-order valence-electron chi connectivity index (χ4n) is 2.11. The Morgan fingerprint density at radius 3 is 2.84 bits per heavy atom. The summed E-state index contributed by atoms with van der Waals surface area (Å²) < 4.78 is 18.6. The molecular weight excluding hydrogens is 241 g/mol. The van der Waals surface area contributed by atoms with Gasteiger partial charge in [0.25, 0.3) is 0 Å². The molecule has 0 radical (unpaired) electrons. The Morgan fingerprint density at radius 2 is 2.00 bits per heavy atom. The first kappa shape index (κ1) is 11.8. The van der Waals surface area contributed by atoms with E-state index in [1.165, 1.54) is 17.7 Å². The number of aryl methyl sites for hydroxylation is 1. The Morgan fingerprint density at radius 1 is 1.11 bits per heavy atom. The van der Waals surface area contributed by atoms with Crippen molar-refractivity contribution in [2.75, 3.05) is 0 Å². The van der Waals surface area contributed by atoms with E-state index in [0.717, 1.165) is 16.6 Å². The third-order valence-electron chi connectivity index (χ3n) is 3.02. The Balaban J connectivity index is 1.78. The number of rotatable bonds is 3. The van der Waals surface area contributed by atoms with Gasteiger partial charge in [-0.15, -0.1) is 0 Å². The summed E-state index contributed by atoms with van der Waals surface area (Å²) in [5.74, 6) is 0.250. The van der Waals surface area contributed by atoms with Crippen LogP contribution in [0.5, 0.6) is 5.75 Å². The molecule has 2 nitrogen and oxygen atoms in total. The maximum absolute atomic E-state index is 13.0. The predicted molar refractivity (Wildman–Crippen MR) is 73.8 cm³/mol. The van der Waals surface area contributed by atoms with Gasteiger partial charge in [-0.1, -0.05) is 17.7 Å². The number of nitrogens with one attached hydrogen (secondary N) is 1. The minimum atomic E-state index is -0.287. The molecule has 0 amide bonds. The molecule has 0 aliphatic rings. The SMILES string of the molecule is Cc1ccc2[nH]c(COc3cccc(F)c3)cc2c1. The van der Waals surface area contributed by atoms with E-state index in [1.54, 1.807) is 12.1 Å². The smallest absolute Gasteiger partial charge is 0.128 e. The molecule has 0 aliphatic heterocycles. The summed E-state index contributed by atoms with van der Waals surface area (Å²) in [4.78, 5) is 3.29. The number of halogens is 1. The summed E-state index contributed by atoms with van der Waals surface area (Å²) in [6.45, 7) is 2.46. The molecular formula is C16H14FNO. The van der Waals surface area contributed by atoms with Crippen molar-refractivity contribution >= 4 is 10.9 Å². The van der Waals surface area contributed by atoms with E-state index in [4.69, 9.17) is 4.74 Å². The third-order valence-corrected chi connectivity index (χ3v) is 3.02. The molecule has 2 aromatic carbocycles. The highest BCUT2D eigenvalue weighted by Gasteiger charge is 2.02. The highest BCUT2D eigenvalue weighted by atomic mass is 19.1. The highest BCUT2D eigenvalue weighted by molar-refractivity contribution is 5.81. The highest BCUT2D eigenvalue weighted by Crippen LogP contribution is 2.19. The van der Waals surface area contributed by atoms with Crippen molar-refractivity contribution in [3.63, 3.8) is 0 Å². The molecule has 1 N–H and O–H groups in total. The normalized spacial score (nSPS) is 10.8. The van der Waals surface area contributed by atoms with E-state index < -0.39 is 0 Å². The van der Waals surface area contributed by atoms with Gasteiger partial charge in [0.05, 0.1) is 5.69 Å². The number of benzene rings is 2. The van der Waals surface area contributed by atoms with Crippen LogP contribution in [-0.4, -0.2) is 4.98 Å². The summed E-state index contributed by atoms with van der Waals surface area (Å²) >= 11 is 0. The second kappa shape index (κ2) is 4.76. The molecule has 0 atom stereocenters. The molecule has 96 valence electrons. The zero-order chi connectivity index (χ0) is 13.2. The van der Waals surface area contributed by atoms with E-state index in [-0.39, 0.29) is 5.82 Å². The van der Waals surface area contributed by atoms with Crippen LogP contribution in [0.15, 0.2) is 48.5 Å². The average molecular weight is 255 g/mol. The second-order valence-corrected chi connectivity index (χ2v) is 4.63. The molecule has 1 aromatic heterocycles. The number of hydrogen-bond donors (Lipinski definition) is 1. The van der Waals surface area contributed by atoms with E-state index in [2.05, 4.69) is 36.2 Å². The van der Waals surface area contributed by atoms with Gasteiger partial charge in [-0.2, -0.15) is 0 Å². The topological polar surface area (TPSA) is 25.0 Å². The van der Waals surface area contributed by atoms with E-state index in [0.29, 0.717) is 12.4 Å². The summed E-state index contributed by atoms with van der Waals surface area (Å²) in [5, 5.41) is 1.16. The van der Waals surface area contributed by atoms with Gasteiger partial charge in [0.15, 0.2) is 0 Å². The summed E-state index contributed by atoms with van der Waals surface area (Å²) in [7, 11) is 0. The van der Waals surface area contributed by atoms with E-state index >= 15 is 0 Å². The molecule has 3 aromatic rings. The largest absolute Gasteiger partial charge is 0.487 e. The maximum atomic E-state index is 13.0. The monoisotopic (exact) mass is 255 g/mol. The molecule has 0 saturated carbocycles. The van der Waals surface area contributed by atoms with Crippen LogP contribution in [0.3, 0.4) is 0 Å². The Bertz CT molecular complexity index is 718. The van der Waals surface area contributed by atoms with Crippen molar-refractivity contribution in [2.24, 2.45) is 0 Å². The number of fused-ring (bicyclic) bond motifs is 1. The summed E-state index contributed by atoms with van der Waals surface area (Å²) in [5.41, 5.74) is 3.29. The molecule has 0 bridgehead atoms. The van der Waals surface area contributed by atoms with Crippen LogP contribution in [0.25, 0.3) is 10.9 Å². The standard InChI is InChI=1S/C16H14FNO/c1-11-5-6-16-12(7-11)8-14(18-16)10-19-15-4-2-3-13(17)9-15/h2-9,18H,10H2,1H3. The molecule has 0 saturated heterocycles. The van der Waals surface area contributed by atoms with Crippen LogP contribution in [0, 0.1) is 12.7 Å². The van der Waals surface area contributed by atoms with Crippen molar-refractivity contribution in [1.29, 1.82) is 0 Å². The lowest BCUT2D eigenvalue weighted by Crippen LogP contribution is -1.95. The van der Waals surface area contributed by atoms with Crippen molar-refractivity contribution in [2.45, 2.75) is 13.5 Å². The lowest BCUT2D eigenvalue weighted by Gasteiger charge is -2.04. The van der Waals surface area contributed by atoms with Gasteiger partial charge < -0.3 is 9.72 Å². The number of hydrogen-bond acceptors (Lipinski definition) is 1. The van der Waals surface area contributed by atoms with Crippen molar-refractivity contribution in [1.82, 2.24) is 4.98 Å². The third kappa shape index (κ3) is 2.60. The van der Waals surface area contributed by atoms with Crippen LogP contribution in [0.2, 0.25) is 0 Å². The van der Waals surface area contributed by atoms with Crippen molar-refractivity contribution in [3.05, 3.63) is 65.6 Å². The van der Waals surface area contributed by atoms with Gasteiger partial charge in [0, 0.05) is 17.0 Å². The van der Waals surface area contributed by atoms with Gasteiger partial charge >= 0.3 is 0 Å². The quantitative estimate of drug-likeness (QED) is 0.745. The Labute approximate surface area is 110 Å². The minimum absolute atomic E-state index is 0.287. The van der Waals surface area contributed by atoms with Crippen molar-refractivity contribution < 1.29 is 9.13 Å². The lowest BCUT2D eigenvalue weighted by atomic mass is 10.2. The first-order chi connectivity index (χ1) is 9.20. The molecule has 19 heavy (non-hydrogen) atoms. The number of H-pyrrole nitrogens is 1. The predicted octanol–water partition coefficient (Wildman–Crippen LogP) is 4.19. The molecule has 3 heteroatoms. The Hall–Kier alpha value is -2.29. The fraction of sp³-hybridized carbons (Fsp3) is 0.125. The molecule has 1 heterocycles. The van der Waals surface area contributed by atoms with Gasteiger partial charge in [0.1, 0.15) is 18.2 Å². The van der Waals surface area contributed by atoms with Crippen molar-refractivity contribution in [3.8, 4) is 5.75 Å². The van der Waals surface area contributed by atoms with Gasteiger partial charge in [-0.05, 0) is 37.3 Å². The zero-order valence-electron chi connectivity index (χ0n) is 10.6. The Kier molecular flexibility index (Phi) is 2.95. The molecule has 0 spiro atoms. The summed E-state index contributed by atoms with van der Waals surface area (Å²) in [6, 6.07) is 14.5. The van der Waals surface area contributed by atoms with Crippen LogP contribution in [0.4, 0.5) is 4.39 Å². The van der Waals surface area contributed by atoms with E-state index in [9.17, 15) is 4.39 Å². The lowest BCUT2D eigenvalue weighted by molar-refractivity contribution is 0.301. The maximum Gasteiger partial charge on any atom is 0.128 e. The van der Waals surface area contributed by atoms with Gasteiger partial charge in [-0.3, -0.25) is 0 Å². The minimum Gasteiger partial charge on any atom is -0.487 e. The zero-order valence-corrected chi connectivity index (χ0v) is 10.6.